The van der Waals surface area contributed by atoms with Gasteiger partial charge in [-0.15, -0.1) is 11.8 Å². The van der Waals surface area contributed by atoms with Crippen molar-refractivity contribution in [3.05, 3.63) is 59.9 Å². The molecule has 2 fully saturated rings. The van der Waals surface area contributed by atoms with E-state index in [2.05, 4.69) is 15.1 Å². The molecule has 2 amide bonds. The predicted octanol–water partition coefficient (Wildman–Crippen LogP) is 3.09. The first kappa shape index (κ1) is 23.6. The Balaban J connectivity index is 1.21. The number of carbonyl (C=O) groups is 2. The molecule has 0 bridgehead atoms. The summed E-state index contributed by atoms with van der Waals surface area (Å²) in [6, 6.07) is 14.1. The van der Waals surface area contributed by atoms with Crippen LogP contribution in [-0.2, 0) is 4.79 Å². The van der Waals surface area contributed by atoms with Gasteiger partial charge < -0.3 is 15.1 Å². The van der Waals surface area contributed by atoms with Gasteiger partial charge in [0.15, 0.2) is 0 Å². The number of carbonyl (C=O) groups excluding carboxylic acids is 2. The summed E-state index contributed by atoms with van der Waals surface area (Å²) in [5, 5.41) is 3.03. The maximum absolute atomic E-state index is 13.1. The Bertz CT molecular complexity index is 942. The van der Waals surface area contributed by atoms with E-state index < -0.39 is 0 Å². The lowest BCUT2D eigenvalue weighted by molar-refractivity contribution is -0.127. The second-order valence-electron chi connectivity index (χ2n) is 8.43. The highest BCUT2D eigenvalue weighted by Crippen LogP contribution is 2.24. The molecular formula is C25H31FN4O2S. The molecule has 33 heavy (non-hydrogen) atoms. The Labute approximate surface area is 199 Å². The number of piperazine rings is 1. The van der Waals surface area contributed by atoms with Gasteiger partial charge in [-0.1, -0.05) is 12.1 Å². The summed E-state index contributed by atoms with van der Waals surface area (Å²) in [5.74, 6) is 0.193. The van der Waals surface area contributed by atoms with Crippen LogP contribution in [-0.4, -0.2) is 79.7 Å². The van der Waals surface area contributed by atoms with Crippen molar-refractivity contribution in [3.63, 3.8) is 0 Å². The highest BCUT2D eigenvalue weighted by Gasteiger charge is 2.20. The van der Waals surface area contributed by atoms with Gasteiger partial charge in [0.25, 0.3) is 5.91 Å². The summed E-state index contributed by atoms with van der Waals surface area (Å²) in [7, 11) is 0. The molecule has 2 saturated heterocycles. The van der Waals surface area contributed by atoms with Crippen LogP contribution in [0, 0.1) is 5.82 Å². The number of benzene rings is 2. The molecule has 176 valence electrons. The van der Waals surface area contributed by atoms with E-state index in [1.807, 2.05) is 41.3 Å². The van der Waals surface area contributed by atoms with E-state index in [1.54, 1.807) is 0 Å². The first-order chi connectivity index (χ1) is 16.1. The van der Waals surface area contributed by atoms with Gasteiger partial charge >= 0.3 is 0 Å². The standard InChI is InChI=1S/C25H31FN4O2S/c26-20-7-9-21(10-8-20)29-17-15-28(16-18-29)14-11-27-25(32)22-5-1-2-6-23(22)33-19-24(31)30-12-3-4-13-30/h1-2,5-10H,3-4,11-19H2,(H,27,32). The molecule has 0 unspecified atom stereocenters. The number of anilines is 1. The third-order valence-corrected chi connectivity index (χ3v) is 7.28. The largest absolute Gasteiger partial charge is 0.369 e. The number of nitrogens with zero attached hydrogens (tertiary/aromatic N) is 3. The molecule has 0 aromatic heterocycles. The van der Waals surface area contributed by atoms with Crippen molar-refractivity contribution in [2.75, 3.05) is 63.0 Å². The molecule has 0 radical (unpaired) electrons. The van der Waals surface area contributed by atoms with E-state index >= 15 is 0 Å². The third kappa shape index (κ3) is 6.48. The van der Waals surface area contributed by atoms with Gasteiger partial charge in [0.1, 0.15) is 5.82 Å². The number of likely N-dealkylation sites (tertiary alicyclic amines) is 1. The van der Waals surface area contributed by atoms with E-state index in [0.29, 0.717) is 17.9 Å². The molecule has 0 atom stereocenters. The first-order valence-electron chi connectivity index (χ1n) is 11.6. The maximum atomic E-state index is 13.1. The molecular weight excluding hydrogens is 439 g/mol. The fourth-order valence-electron chi connectivity index (χ4n) is 4.28. The summed E-state index contributed by atoms with van der Waals surface area (Å²) >= 11 is 1.44. The van der Waals surface area contributed by atoms with Crippen molar-refractivity contribution in [1.82, 2.24) is 15.1 Å². The Morgan fingerprint density at radius 3 is 2.33 bits per heavy atom. The van der Waals surface area contributed by atoms with Crippen LogP contribution < -0.4 is 10.2 Å². The monoisotopic (exact) mass is 470 g/mol. The minimum absolute atomic E-state index is 0.100. The quantitative estimate of drug-likeness (QED) is 0.601. The zero-order chi connectivity index (χ0) is 23.0. The van der Waals surface area contributed by atoms with Crippen LogP contribution in [0.2, 0.25) is 0 Å². The molecule has 2 aromatic rings. The maximum Gasteiger partial charge on any atom is 0.252 e. The summed E-state index contributed by atoms with van der Waals surface area (Å²) in [6.07, 6.45) is 2.16. The zero-order valence-corrected chi connectivity index (χ0v) is 19.7. The Hall–Kier alpha value is -2.58. The van der Waals surface area contributed by atoms with Gasteiger partial charge in [-0.05, 0) is 49.2 Å². The van der Waals surface area contributed by atoms with Gasteiger partial charge in [0.2, 0.25) is 5.91 Å². The molecule has 2 heterocycles. The number of amides is 2. The highest BCUT2D eigenvalue weighted by atomic mass is 32.2. The van der Waals surface area contributed by atoms with Gasteiger partial charge in [-0.25, -0.2) is 4.39 Å². The average molecular weight is 471 g/mol. The number of rotatable bonds is 8. The highest BCUT2D eigenvalue weighted by molar-refractivity contribution is 8.00. The van der Waals surface area contributed by atoms with Crippen molar-refractivity contribution < 1.29 is 14.0 Å². The second-order valence-corrected chi connectivity index (χ2v) is 9.45. The van der Waals surface area contributed by atoms with E-state index in [4.69, 9.17) is 0 Å². The molecule has 0 spiro atoms. The summed E-state index contributed by atoms with van der Waals surface area (Å²) in [4.78, 5) is 32.5. The molecule has 6 nitrogen and oxygen atoms in total. The van der Waals surface area contributed by atoms with Crippen molar-refractivity contribution in [1.29, 1.82) is 0 Å². The number of thioether (sulfide) groups is 1. The minimum atomic E-state index is -0.216. The molecule has 0 saturated carbocycles. The SMILES string of the molecule is O=C(NCCN1CCN(c2ccc(F)cc2)CC1)c1ccccc1SCC(=O)N1CCCC1. The fraction of sp³-hybridized carbons (Fsp3) is 0.440. The van der Waals surface area contributed by atoms with Crippen molar-refractivity contribution in [2.45, 2.75) is 17.7 Å². The lowest BCUT2D eigenvalue weighted by Crippen LogP contribution is -2.48. The van der Waals surface area contributed by atoms with Crippen molar-refractivity contribution in [2.24, 2.45) is 0 Å². The van der Waals surface area contributed by atoms with Crippen LogP contribution in [0.4, 0.5) is 10.1 Å². The van der Waals surface area contributed by atoms with E-state index in [0.717, 1.165) is 69.2 Å². The fourth-order valence-corrected chi connectivity index (χ4v) is 5.23. The Morgan fingerprint density at radius 2 is 1.61 bits per heavy atom. The molecule has 1 N–H and O–H groups in total. The lowest BCUT2D eigenvalue weighted by Gasteiger charge is -2.36. The van der Waals surface area contributed by atoms with Crippen LogP contribution in [0.25, 0.3) is 0 Å². The lowest BCUT2D eigenvalue weighted by atomic mass is 10.2. The van der Waals surface area contributed by atoms with Crippen LogP contribution in [0.5, 0.6) is 0 Å². The second kappa shape index (κ2) is 11.5. The molecule has 4 rings (SSSR count). The molecule has 2 aliphatic rings. The van der Waals surface area contributed by atoms with Crippen molar-refractivity contribution >= 4 is 29.3 Å². The van der Waals surface area contributed by atoms with Gasteiger partial charge in [0.05, 0.1) is 11.3 Å². The smallest absolute Gasteiger partial charge is 0.252 e. The minimum Gasteiger partial charge on any atom is -0.369 e. The third-order valence-electron chi connectivity index (χ3n) is 6.22. The van der Waals surface area contributed by atoms with Crippen LogP contribution in [0.15, 0.2) is 53.4 Å². The Kier molecular flexibility index (Phi) is 8.23. The van der Waals surface area contributed by atoms with Gasteiger partial charge in [-0.3, -0.25) is 14.5 Å². The number of halogens is 1. The number of hydrogen-bond donors (Lipinski definition) is 1. The first-order valence-corrected chi connectivity index (χ1v) is 12.6. The Morgan fingerprint density at radius 1 is 0.909 bits per heavy atom. The molecule has 8 heteroatoms. The van der Waals surface area contributed by atoms with E-state index in [9.17, 15) is 14.0 Å². The van der Waals surface area contributed by atoms with Gasteiger partial charge in [0, 0.05) is 62.9 Å². The summed E-state index contributed by atoms with van der Waals surface area (Å²) in [5.41, 5.74) is 1.67. The topological polar surface area (TPSA) is 55.9 Å². The van der Waals surface area contributed by atoms with Gasteiger partial charge in [-0.2, -0.15) is 0 Å². The molecule has 2 aliphatic heterocycles. The van der Waals surface area contributed by atoms with Crippen LogP contribution in [0.1, 0.15) is 23.2 Å². The normalized spacial score (nSPS) is 16.8. The van der Waals surface area contributed by atoms with Crippen molar-refractivity contribution in [3.8, 4) is 0 Å². The zero-order valence-electron chi connectivity index (χ0n) is 18.8. The molecule has 2 aromatic carbocycles. The van der Waals surface area contributed by atoms with E-state index in [-0.39, 0.29) is 17.6 Å². The molecule has 0 aliphatic carbocycles. The predicted molar refractivity (Wildman–Crippen MR) is 130 cm³/mol. The van der Waals surface area contributed by atoms with E-state index in [1.165, 1.54) is 23.9 Å². The van der Waals surface area contributed by atoms with Crippen LogP contribution in [0.3, 0.4) is 0 Å². The van der Waals surface area contributed by atoms with Crippen LogP contribution >= 0.6 is 11.8 Å². The number of hydrogen-bond acceptors (Lipinski definition) is 5. The number of nitrogens with one attached hydrogen (secondary N) is 1. The average Bonchev–Trinajstić information content (AvgIpc) is 3.39. The summed E-state index contributed by atoms with van der Waals surface area (Å²) in [6.45, 7) is 6.61. The summed E-state index contributed by atoms with van der Waals surface area (Å²) < 4.78 is 13.1.